The molecule has 0 atom stereocenters. The second-order valence-corrected chi connectivity index (χ2v) is 18.3. The van der Waals surface area contributed by atoms with E-state index in [0.29, 0.717) is 17.7 Å². The van der Waals surface area contributed by atoms with Crippen LogP contribution in [-0.4, -0.2) is 32.2 Å². The molecule has 0 fully saturated rings. The minimum Gasteiger partial charge on any atom is -0.278 e. The molecule has 0 amide bonds. The lowest BCUT2D eigenvalue weighted by molar-refractivity contribution is 0.893. The Morgan fingerprint density at radius 2 is 0.879 bits per heavy atom. The average molecular weight is 762 g/mol. The minimum absolute atomic E-state index is 0.554. The fraction of sp³-hybridized carbons (Fsp3) is 0.0192. The average Bonchev–Trinajstić information content (AvgIpc) is 3.81. The summed E-state index contributed by atoms with van der Waals surface area (Å²) in [7, 11) is -2.92. The van der Waals surface area contributed by atoms with Crippen molar-refractivity contribution < 1.29 is 0 Å². The van der Waals surface area contributed by atoms with E-state index in [1.807, 2.05) is 13.0 Å². The first kappa shape index (κ1) is 35.0. The van der Waals surface area contributed by atoms with E-state index < -0.39 is 8.07 Å². The summed E-state index contributed by atoms with van der Waals surface area (Å²) in [6.45, 7) is 6.87. The molecule has 0 aliphatic heterocycles. The summed E-state index contributed by atoms with van der Waals surface area (Å²) < 4.78 is 4.36. The maximum Gasteiger partial charge on any atom is 0.240 e. The highest BCUT2D eigenvalue weighted by molar-refractivity contribution is 7.16. The van der Waals surface area contributed by atoms with Gasteiger partial charge in [0.2, 0.25) is 11.9 Å². The van der Waals surface area contributed by atoms with Crippen LogP contribution in [0.15, 0.2) is 218 Å². The van der Waals surface area contributed by atoms with Gasteiger partial charge < -0.3 is 0 Å². The molecular weight excluding hydrogens is 723 g/mol. The third kappa shape index (κ3) is 5.65. The number of hydrogen-bond donors (Lipinski definition) is 0. The first-order valence-electron chi connectivity index (χ1n) is 19.6. The van der Waals surface area contributed by atoms with E-state index in [9.17, 15) is 0 Å². The molecule has 0 saturated carbocycles. The zero-order valence-corrected chi connectivity index (χ0v) is 33.1. The van der Waals surface area contributed by atoms with Crippen molar-refractivity contribution in [1.29, 1.82) is 0 Å². The smallest absolute Gasteiger partial charge is 0.240 e. The zero-order chi connectivity index (χ0) is 39.1. The van der Waals surface area contributed by atoms with Gasteiger partial charge in [0.1, 0.15) is 0 Å². The third-order valence-corrected chi connectivity index (χ3v) is 15.9. The van der Waals surface area contributed by atoms with Gasteiger partial charge in [-0.1, -0.05) is 194 Å². The lowest BCUT2D eigenvalue weighted by Crippen LogP contribution is -2.68. The predicted molar refractivity (Wildman–Crippen MR) is 245 cm³/mol. The normalized spacial score (nSPS) is 12.2. The Morgan fingerprint density at radius 3 is 1.33 bits per heavy atom. The number of hydrogen-bond acceptors (Lipinski definition) is 3. The molecule has 7 aromatic carbocycles. The maximum atomic E-state index is 5.39. The Labute approximate surface area is 338 Å². The highest BCUT2D eigenvalue weighted by Crippen LogP contribution is 2.34. The molecule has 0 radical (unpaired) electrons. The predicted octanol–water partition coefficient (Wildman–Crippen LogP) is 10.4. The molecule has 5 nitrogen and oxygen atoms in total. The summed E-state index contributed by atoms with van der Waals surface area (Å²) in [5, 5.41) is 9.35. The van der Waals surface area contributed by atoms with Crippen molar-refractivity contribution >= 4 is 67.2 Å². The summed E-state index contributed by atoms with van der Waals surface area (Å²) in [5.41, 5.74) is 5.04. The number of rotatable bonds is 9. The molecule has 0 spiro atoms. The van der Waals surface area contributed by atoms with Crippen molar-refractivity contribution in [1.82, 2.24) is 24.1 Å². The van der Waals surface area contributed by atoms with Gasteiger partial charge in [-0.3, -0.25) is 9.13 Å². The van der Waals surface area contributed by atoms with E-state index in [1.165, 1.54) is 15.6 Å². The van der Waals surface area contributed by atoms with Crippen LogP contribution in [0.2, 0.25) is 0 Å². The third-order valence-electron chi connectivity index (χ3n) is 11.2. The Bertz CT molecular complexity index is 2930. The summed E-state index contributed by atoms with van der Waals surface area (Å²) in [4.78, 5) is 16.1. The van der Waals surface area contributed by atoms with Crippen LogP contribution >= 0.6 is 0 Å². The van der Waals surface area contributed by atoms with E-state index in [1.54, 1.807) is 0 Å². The molecule has 10 aromatic rings. The lowest BCUT2D eigenvalue weighted by atomic mass is 10.2. The summed E-state index contributed by atoms with van der Waals surface area (Å²) >= 11 is 0. The number of benzene rings is 7. The summed E-state index contributed by atoms with van der Waals surface area (Å²) in [6, 6.07) is 64.4. The van der Waals surface area contributed by atoms with E-state index in [0.717, 1.165) is 54.4 Å². The fourth-order valence-corrected chi connectivity index (χ4v) is 13.3. The minimum atomic E-state index is -2.92. The summed E-state index contributed by atoms with van der Waals surface area (Å²) in [6.07, 6.45) is 8.39. The maximum absolute atomic E-state index is 5.39. The van der Waals surface area contributed by atoms with Crippen LogP contribution in [0.3, 0.4) is 0 Å². The molecule has 0 N–H and O–H groups in total. The quantitative estimate of drug-likeness (QED) is 0.0836. The molecule has 0 saturated heterocycles. The first-order valence-corrected chi connectivity index (χ1v) is 21.6. The SMILES string of the molecule is C=C(/C=C\C=C/C)[Si](c1ccccc1)(c1ccccc1)c1cccc(-c2nc(-n3c4ccccc4c4ccccc43)nc(-n3c4ccccc4c4ccccc43)n2)c1. The van der Waals surface area contributed by atoms with Crippen LogP contribution in [0.5, 0.6) is 0 Å². The van der Waals surface area contributed by atoms with Crippen molar-refractivity contribution in [3.05, 3.63) is 218 Å². The Morgan fingerprint density at radius 1 is 0.466 bits per heavy atom. The van der Waals surface area contributed by atoms with E-state index in [2.05, 4.69) is 209 Å². The molecule has 276 valence electrons. The van der Waals surface area contributed by atoms with Crippen molar-refractivity contribution in [2.45, 2.75) is 6.92 Å². The van der Waals surface area contributed by atoms with Crippen LogP contribution in [0.4, 0.5) is 0 Å². The lowest BCUT2D eigenvalue weighted by Gasteiger charge is -2.35. The van der Waals surface area contributed by atoms with Gasteiger partial charge in [0.05, 0.1) is 22.1 Å². The zero-order valence-electron chi connectivity index (χ0n) is 32.1. The van der Waals surface area contributed by atoms with E-state index in [4.69, 9.17) is 21.5 Å². The second kappa shape index (κ2) is 14.6. The number of fused-ring (bicyclic) bond motifs is 6. The Kier molecular flexibility index (Phi) is 8.81. The monoisotopic (exact) mass is 761 g/mol. The number of para-hydroxylation sites is 4. The fourth-order valence-electron chi connectivity index (χ4n) is 8.69. The largest absolute Gasteiger partial charge is 0.278 e. The van der Waals surface area contributed by atoms with Crippen LogP contribution in [0.25, 0.3) is 66.9 Å². The molecule has 0 aliphatic rings. The standard InChI is InChI=1S/C52H39N5Si/c1-3-4-7-21-37(2)58(39-23-8-5-9-24-39,40-25-10-6-11-26-40)41-27-20-22-38(36-41)50-53-51(56-46-32-16-12-28-42(46)43-29-13-17-33-47(43)56)55-52(54-50)57-48-34-18-14-30-44(48)45-31-15-19-35-49(45)57/h3-36H,2H2,1H3/b4-3-,21-7-. The molecule has 0 bridgehead atoms. The molecule has 0 unspecified atom stereocenters. The molecule has 10 rings (SSSR count). The van der Waals surface area contributed by atoms with Gasteiger partial charge in [0.25, 0.3) is 0 Å². The second-order valence-electron chi connectivity index (χ2n) is 14.5. The van der Waals surface area contributed by atoms with Crippen LogP contribution in [0, 0.1) is 0 Å². The number of aromatic nitrogens is 5. The highest BCUT2D eigenvalue weighted by atomic mass is 28.3. The van der Waals surface area contributed by atoms with Gasteiger partial charge in [0.15, 0.2) is 13.9 Å². The number of allylic oxidation sites excluding steroid dienone is 5. The van der Waals surface area contributed by atoms with Crippen LogP contribution in [-0.2, 0) is 0 Å². The van der Waals surface area contributed by atoms with Gasteiger partial charge >= 0.3 is 0 Å². The van der Waals surface area contributed by atoms with E-state index >= 15 is 0 Å². The molecule has 3 heterocycles. The molecule has 3 aromatic heterocycles. The molecule has 58 heavy (non-hydrogen) atoms. The van der Waals surface area contributed by atoms with Crippen molar-refractivity contribution in [3.8, 4) is 23.3 Å². The van der Waals surface area contributed by atoms with Gasteiger partial charge in [-0.25, -0.2) is 0 Å². The number of nitrogens with zero attached hydrogens (tertiary/aromatic N) is 5. The van der Waals surface area contributed by atoms with E-state index in [-0.39, 0.29) is 0 Å². The first-order chi connectivity index (χ1) is 28.7. The summed E-state index contributed by atoms with van der Waals surface area (Å²) in [5.74, 6) is 1.70. The Hall–Kier alpha value is -7.41. The van der Waals surface area contributed by atoms with Crippen molar-refractivity contribution in [3.63, 3.8) is 0 Å². The van der Waals surface area contributed by atoms with Crippen molar-refractivity contribution in [2.24, 2.45) is 0 Å². The van der Waals surface area contributed by atoms with Crippen molar-refractivity contribution in [2.75, 3.05) is 0 Å². The van der Waals surface area contributed by atoms with Crippen LogP contribution < -0.4 is 15.6 Å². The van der Waals surface area contributed by atoms with Gasteiger partial charge in [-0.2, -0.15) is 15.0 Å². The highest BCUT2D eigenvalue weighted by Gasteiger charge is 2.41. The molecular formula is C52H39N5Si. The molecule has 0 aliphatic carbocycles. The van der Waals surface area contributed by atoms with Gasteiger partial charge in [-0.15, -0.1) is 0 Å². The van der Waals surface area contributed by atoms with Gasteiger partial charge in [0, 0.05) is 27.1 Å². The van der Waals surface area contributed by atoms with Gasteiger partial charge in [-0.05, 0) is 46.7 Å². The Balaban J connectivity index is 1.28. The van der Waals surface area contributed by atoms with Crippen LogP contribution in [0.1, 0.15) is 6.92 Å². The topological polar surface area (TPSA) is 48.5 Å². The molecule has 6 heteroatoms.